The highest BCUT2D eigenvalue weighted by molar-refractivity contribution is 5.76. The van der Waals surface area contributed by atoms with Crippen molar-refractivity contribution in [3.63, 3.8) is 0 Å². The summed E-state index contributed by atoms with van der Waals surface area (Å²) in [6, 6.07) is 0.454. The van der Waals surface area contributed by atoms with Gasteiger partial charge in [0.2, 0.25) is 5.91 Å². The molecule has 3 heteroatoms. The molecular formula is C14H26N2O. The van der Waals surface area contributed by atoms with E-state index in [0.29, 0.717) is 12.0 Å². The molecule has 1 amide bonds. The van der Waals surface area contributed by atoms with Gasteiger partial charge in [-0.1, -0.05) is 6.92 Å². The zero-order valence-electron chi connectivity index (χ0n) is 11.0. The molecule has 3 nitrogen and oxygen atoms in total. The highest BCUT2D eigenvalue weighted by Crippen LogP contribution is 2.23. The minimum absolute atomic E-state index is 0.276. The van der Waals surface area contributed by atoms with E-state index in [1.807, 2.05) is 0 Å². The first-order valence-corrected chi connectivity index (χ1v) is 7.24. The van der Waals surface area contributed by atoms with E-state index >= 15 is 0 Å². The Balaban J connectivity index is 1.66. The lowest BCUT2D eigenvalue weighted by Crippen LogP contribution is -2.40. The molecule has 1 unspecified atom stereocenters. The fourth-order valence-electron chi connectivity index (χ4n) is 3.05. The highest BCUT2D eigenvalue weighted by atomic mass is 16.1. The molecule has 0 aromatic carbocycles. The largest absolute Gasteiger partial charge is 0.353 e. The van der Waals surface area contributed by atoms with Crippen LogP contribution in [0.2, 0.25) is 0 Å². The van der Waals surface area contributed by atoms with E-state index in [-0.39, 0.29) is 5.91 Å². The zero-order valence-corrected chi connectivity index (χ0v) is 11.0. The van der Waals surface area contributed by atoms with Gasteiger partial charge in [0.1, 0.15) is 0 Å². The van der Waals surface area contributed by atoms with Crippen molar-refractivity contribution in [3.05, 3.63) is 0 Å². The second kappa shape index (κ2) is 6.39. The fourth-order valence-corrected chi connectivity index (χ4v) is 3.05. The molecule has 0 aromatic heterocycles. The first kappa shape index (κ1) is 12.9. The molecule has 98 valence electrons. The summed E-state index contributed by atoms with van der Waals surface area (Å²) in [5, 5.41) is 6.59. The smallest absolute Gasteiger partial charge is 0.220 e. The lowest BCUT2D eigenvalue weighted by molar-refractivity contribution is -0.123. The van der Waals surface area contributed by atoms with Crippen LogP contribution in [0.25, 0.3) is 0 Å². The van der Waals surface area contributed by atoms with E-state index < -0.39 is 0 Å². The van der Waals surface area contributed by atoms with Gasteiger partial charge < -0.3 is 10.6 Å². The number of carbonyl (C=O) groups is 1. The molecule has 0 bridgehead atoms. The third-order valence-corrected chi connectivity index (χ3v) is 4.25. The van der Waals surface area contributed by atoms with Crippen LogP contribution in [-0.2, 0) is 4.79 Å². The SMILES string of the molecule is CC1CCC(NC(=O)CC2CCCNC2)CC1. The molecule has 0 radical (unpaired) electrons. The summed E-state index contributed by atoms with van der Waals surface area (Å²) in [7, 11) is 0. The van der Waals surface area contributed by atoms with E-state index in [0.717, 1.165) is 25.4 Å². The van der Waals surface area contributed by atoms with Crippen LogP contribution in [0.15, 0.2) is 0 Å². The Morgan fingerprint density at radius 3 is 2.65 bits per heavy atom. The molecule has 2 fully saturated rings. The minimum Gasteiger partial charge on any atom is -0.353 e. The van der Waals surface area contributed by atoms with Crippen LogP contribution in [0, 0.1) is 11.8 Å². The molecule has 1 saturated carbocycles. The van der Waals surface area contributed by atoms with Crippen molar-refractivity contribution in [2.45, 2.75) is 57.9 Å². The Morgan fingerprint density at radius 1 is 1.24 bits per heavy atom. The lowest BCUT2D eigenvalue weighted by Gasteiger charge is -2.28. The summed E-state index contributed by atoms with van der Waals surface area (Å²) in [6.07, 6.45) is 8.05. The van der Waals surface area contributed by atoms with Crippen LogP contribution in [0.5, 0.6) is 0 Å². The number of hydrogen-bond acceptors (Lipinski definition) is 2. The summed E-state index contributed by atoms with van der Waals surface area (Å²) in [5.41, 5.74) is 0. The molecule has 2 rings (SSSR count). The van der Waals surface area contributed by atoms with Gasteiger partial charge in [0.15, 0.2) is 0 Å². The van der Waals surface area contributed by atoms with E-state index in [1.54, 1.807) is 0 Å². The van der Waals surface area contributed by atoms with Gasteiger partial charge in [-0.05, 0) is 63.5 Å². The van der Waals surface area contributed by atoms with E-state index in [4.69, 9.17) is 0 Å². The maximum absolute atomic E-state index is 11.9. The summed E-state index contributed by atoms with van der Waals surface area (Å²) >= 11 is 0. The molecule has 0 spiro atoms. The van der Waals surface area contributed by atoms with Crippen LogP contribution >= 0.6 is 0 Å². The molecule has 1 heterocycles. The number of rotatable bonds is 3. The van der Waals surface area contributed by atoms with Crippen molar-refractivity contribution in [2.24, 2.45) is 11.8 Å². The van der Waals surface area contributed by atoms with Crippen molar-refractivity contribution in [1.29, 1.82) is 0 Å². The van der Waals surface area contributed by atoms with Crippen molar-refractivity contribution in [2.75, 3.05) is 13.1 Å². The summed E-state index contributed by atoms with van der Waals surface area (Å²) in [6.45, 7) is 4.46. The maximum atomic E-state index is 11.9. The van der Waals surface area contributed by atoms with E-state index in [1.165, 1.54) is 38.5 Å². The van der Waals surface area contributed by atoms with Crippen LogP contribution in [0.4, 0.5) is 0 Å². The van der Waals surface area contributed by atoms with Crippen molar-refractivity contribution >= 4 is 5.91 Å². The Labute approximate surface area is 105 Å². The number of carbonyl (C=O) groups excluding carboxylic acids is 1. The first-order chi connectivity index (χ1) is 8.24. The summed E-state index contributed by atoms with van der Waals surface area (Å²) in [5.74, 6) is 1.69. The van der Waals surface area contributed by atoms with E-state index in [2.05, 4.69) is 17.6 Å². The van der Waals surface area contributed by atoms with Gasteiger partial charge in [-0.25, -0.2) is 0 Å². The molecule has 2 aliphatic rings. The fraction of sp³-hybridized carbons (Fsp3) is 0.929. The second-order valence-corrected chi connectivity index (χ2v) is 5.94. The number of amides is 1. The van der Waals surface area contributed by atoms with Crippen LogP contribution in [0.3, 0.4) is 0 Å². The van der Waals surface area contributed by atoms with Crippen LogP contribution in [-0.4, -0.2) is 25.0 Å². The van der Waals surface area contributed by atoms with Crippen LogP contribution in [0.1, 0.15) is 51.9 Å². The molecule has 1 aliphatic heterocycles. The van der Waals surface area contributed by atoms with Gasteiger partial charge in [-0.3, -0.25) is 4.79 Å². The first-order valence-electron chi connectivity index (χ1n) is 7.24. The predicted octanol–water partition coefficient (Wildman–Crippen LogP) is 2.07. The van der Waals surface area contributed by atoms with Crippen LogP contribution < -0.4 is 10.6 Å². The number of nitrogens with one attached hydrogen (secondary N) is 2. The van der Waals surface area contributed by atoms with Gasteiger partial charge >= 0.3 is 0 Å². The zero-order chi connectivity index (χ0) is 12.1. The Hall–Kier alpha value is -0.570. The molecule has 1 aliphatic carbocycles. The van der Waals surface area contributed by atoms with Crippen molar-refractivity contribution in [1.82, 2.24) is 10.6 Å². The highest BCUT2D eigenvalue weighted by Gasteiger charge is 2.22. The third-order valence-electron chi connectivity index (χ3n) is 4.25. The van der Waals surface area contributed by atoms with Crippen molar-refractivity contribution < 1.29 is 4.79 Å². The Morgan fingerprint density at radius 2 is 2.00 bits per heavy atom. The Bertz CT molecular complexity index is 241. The molecule has 2 N–H and O–H groups in total. The second-order valence-electron chi connectivity index (χ2n) is 5.94. The average molecular weight is 238 g/mol. The number of hydrogen-bond donors (Lipinski definition) is 2. The van der Waals surface area contributed by atoms with Gasteiger partial charge in [-0.15, -0.1) is 0 Å². The maximum Gasteiger partial charge on any atom is 0.220 e. The summed E-state index contributed by atoms with van der Waals surface area (Å²) < 4.78 is 0. The van der Waals surface area contributed by atoms with Gasteiger partial charge in [0, 0.05) is 12.5 Å². The standard InChI is InChI=1S/C14H26N2O/c1-11-4-6-13(7-5-11)16-14(17)9-12-3-2-8-15-10-12/h11-13,15H,2-10H2,1H3,(H,16,17). The molecule has 17 heavy (non-hydrogen) atoms. The summed E-state index contributed by atoms with van der Waals surface area (Å²) in [4.78, 5) is 11.9. The van der Waals surface area contributed by atoms with Crippen molar-refractivity contribution in [3.8, 4) is 0 Å². The normalized spacial score (nSPS) is 34.3. The van der Waals surface area contributed by atoms with Gasteiger partial charge in [-0.2, -0.15) is 0 Å². The van der Waals surface area contributed by atoms with E-state index in [9.17, 15) is 4.79 Å². The lowest BCUT2D eigenvalue weighted by atomic mass is 9.87. The van der Waals surface area contributed by atoms with Gasteiger partial charge in [0.25, 0.3) is 0 Å². The Kier molecular flexibility index (Phi) is 4.84. The molecule has 0 aromatic rings. The molecule has 1 atom stereocenters. The molecule has 1 saturated heterocycles. The monoisotopic (exact) mass is 238 g/mol. The predicted molar refractivity (Wildman–Crippen MR) is 69.8 cm³/mol. The minimum atomic E-state index is 0.276. The topological polar surface area (TPSA) is 41.1 Å². The number of piperidine rings is 1. The molecular weight excluding hydrogens is 212 g/mol. The average Bonchev–Trinajstić information content (AvgIpc) is 2.33. The third kappa shape index (κ3) is 4.30. The van der Waals surface area contributed by atoms with Gasteiger partial charge in [0.05, 0.1) is 0 Å². The quantitative estimate of drug-likeness (QED) is 0.790.